The first-order valence-electron chi connectivity index (χ1n) is 8.62. The van der Waals surface area contributed by atoms with Crippen LogP contribution < -0.4 is 10.2 Å². The molecule has 2 amide bonds. The molecular formula is C20H18Cl2N2O4. The highest BCUT2D eigenvalue weighted by molar-refractivity contribution is 6.36. The van der Waals surface area contributed by atoms with Crippen LogP contribution in [0.15, 0.2) is 42.5 Å². The second-order valence-electron chi connectivity index (χ2n) is 6.52. The van der Waals surface area contributed by atoms with Gasteiger partial charge in [0.15, 0.2) is 6.61 Å². The Kier molecular flexibility index (Phi) is 6.21. The van der Waals surface area contributed by atoms with Gasteiger partial charge in [-0.25, -0.2) is 0 Å². The molecule has 1 heterocycles. The molecule has 1 saturated heterocycles. The third-order valence-electron chi connectivity index (χ3n) is 4.32. The predicted octanol–water partition coefficient (Wildman–Crippen LogP) is 3.84. The van der Waals surface area contributed by atoms with E-state index in [1.54, 1.807) is 17.0 Å². The molecule has 0 bridgehead atoms. The maximum atomic E-state index is 12.3. The lowest BCUT2D eigenvalue weighted by atomic mass is 10.1. The summed E-state index contributed by atoms with van der Waals surface area (Å²) < 4.78 is 5.08. The van der Waals surface area contributed by atoms with Gasteiger partial charge >= 0.3 is 5.97 Å². The van der Waals surface area contributed by atoms with E-state index in [0.717, 1.165) is 11.3 Å². The molecule has 0 radical (unpaired) electrons. The molecule has 146 valence electrons. The van der Waals surface area contributed by atoms with Crippen molar-refractivity contribution in [1.82, 2.24) is 0 Å². The number of rotatable bonds is 5. The lowest BCUT2D eigenvalue weighted by Crippen LogP contribution is -2.28. The minimum absolute atomic E-state index is 0.0530. The van der Waals surface area contributed by atoms with E-state index in [9.17, 15) is 14.4 Å². The quantitative estimate of drug-likeness (QED) is 0.745. The Labute approximate surface area is 172 Å². The molecule has 2 aromatic rings. The summed E-state index contributed by atoms with van der Waals surface area (Å²) >= 11 is 11.8. The van der Waals surface area contributed by atoms with Crippen LogP contribution in [-0.2, 0) is 19.1 Å². The number of esters is 1. The Hall–Kier alpha value is -2.57. The van der Waals surface area contributed by atoms with Crippen LogP contribution in [0.1, 0.15) is 12.0 Å². The summed E-state index contributed by atoms with van der Waals surface area (Å²) in [5.41, 5.74) is 2.14. The molecule has 1 aliphatic rings. The van der Waals surface area contributed by atoms with Gasteiger partial charge in [-0.15, -0.1) is 0 Å². The number of carbonyl (C=O) groups is 3. The van der Waals surface area contributed by atoms with E-state index < -0.39 is 24.4 Å². The molecule has 8 heteroatoms. The van der Waals surface area contributed by atoms with Crippen LogP contribution in [-0.4, -0.2) is 30.9 Å². The fraction of sp³-hybridized carbons (Fsp3) is 0.250. The van der Waals surface area contributed by atoms with Gasteiger partial charge in [0.2, 0.25) is 5.91 Å². The van der Waals surface area contributed by atoms with Crippen molar-refractivity contribution < 1.29 is 19.1 Å². The Morgan fingerprint density at radius 1 is 1.21 bits per heavy atom. The molecule has 3 rings (SSSR count). The minimum atomic E-state index is -0.611. The first-order chi connectivity index (χ1) is 13.3. The van der Waals surface area contributed by atoms with Gasteiger partial charge < -0.3 is 15.0 Å². The fourth-order valence-corrected chi connectivity index (χ4v) is 3.40. The van der Waals surface area contributed by atoms with Crippen LogP contribution in [0.5, 0.6) is 0 Å². The number of hydrogen-bond donors (Lipinski definition) is 1. The van der Waals surface area contributed by atoms with Crippen LogP contribution in [0.4, 0.5) is 11.4 Å². The number of benzene rings is 2. The zero-order valence-corrected chi connectivity index (χ0v) is 16.6. The summed E-state index contributed by atoms with van der Waals surface area (Å²) in [6.45, 7) is 1.69. The summed E-state index contributed by atoms with van der Waals surface area (Å²) in [7, 11) is 0. The van der Waals surface area contributed by atoms with Gasteiger partial charge in [0.05, 0.1) is 16.6 Å². The maximum absolute atomic E-state index is 12.3. The lowest BCUT2D eigenvalue weighted by molar-refractivity contribution is -0.151. The van der Waals surface area contributed by atoms with Crippen LogP contribution in [0.2, 0.25) is 10.0 Å². The highest BCUT2D eigenvalue weighted by Crippen LogP contribution is 2.27. The van der Waals surface area contributed by atoms with E-state index in [4.69, 9.17) is 27.9 Å². The van der Waals surface area contributed by atoms with Gasteiger partial charge in [-0.3, -0.25) is 14.4 Å². The Balaban J connectivity index is 1.53. The molecule has 1 N–H and O–H groups in total. The van der Waals surface area contributed by atoms with Crippen molar-refractivity contribution in [3.05, 3.63) is 58.1 Å². The Bertz CT molecular complexity index is 932. The fourth-order valence-electron chi connectivity index (χ4n) is 2.94. The number of nitrogens with zero attached hydrogens (tertiary/aromatic N) is 1. The van der Waals surface area contributed by atoms with Gasteiger partial charge in [-0.1, -0.05) is 35.3 Å². The van der Waals surface area contributed by atoms with Crippen molar-refractivity contribution in [2.24, 2.45) is 5.92 Å². The molecule has 2 aromatic carbocycles. The average Bonchev–Trinajstić information content (AvgIpc) is 3.04. The second-order valence-corrected chi connectivity index (χ2v) is 7.37. The van der Waals surface area contributed by atoms with Crippen LogP contribution in [0, 0.1) is 12.8 Å². The topological polar surface area (TPSA) is 75.7 Å². The Morgan fingerprint density at radius 3 is 2.71 bits per heavy atom. The van der Waals surface area contributed by atoms with E-state index in [1.807, 2.05) is 31.2 Å². The number of amides is 2. The number of halogens is 2. The number of nitrogens with one attached hydrogen (secondary N) is 1. The number of carbonyl (C=O) groups excluding carboxylic acids is 3. The van der Waals surface area contributed by atoms with Crippen LogP contribution >= 0.6 is 23.2 Å². The summed E-state index contributed by atoms with van der Waals surface area (Å²) in [5, 5.41) is 3.27. The van der Waals surface area contributed by atoms with Crippen molar-refractivity contribution in [3.8, 4) is 0 Å². The second kappa shape index (κ2) is 8.63. The van der Waals surface area contributed by atoms with Gasteiger partial charge in [0.25, 0.3) is 5.91 Å². The molecule has 1 aliphatic heterocycles. The first-order valence-corrected chi connectivity index (χ1v) is 9.37. The first kappa shape index (κ1) is 20.2. The van der Waals surface area contributed by atoms with Gasteiger partial charge in [-0.2, -0.15) is 0 Å². The van der Waals surface area contributed by atoms with Crippen molar-refractivity contribution >= 4 is 52.4 Å². The van der Waals surface area contributed by atoms with E-state index >= 15 is 0 Å². The molecule has 0 saturated carbocycles. The number of anilines is 2. The molecule has 0 aliphatic carbocycles. The lowest BCUT2D eigenvalue weighted by Gasteiger charge is -2.17. The molecule has 28 heavy (non-hydrogen) atoms. The molecule has 0 unspecified atom stereocenters. The molecule has 1 atom stereocenters. The number of hydrogen-bond acceptors (Lipinski definition) is 4. The average molecular weight is 421 g/mol. The summed E-state index contributed by atoms with van der Waals surface area (Å²) in [6, 6.07) is 12.1. The summed E-state index contributed by atoms with van der Waals surface area (Å²) in [4.78, 5) is 38.1. The summed E-state index contributed by atoms with van der Waals surface area (Å²) in [6.07, 6.45) is 0.0530. The number of aryl methyl sites for hydroxylation is 1. The standard InChI is InChI=1S/C20H18Cl2N2O4/c1-12-3-2-4-15(7-12)24-10-13(8-19(24)26)20(27)28-11-18(25)23-17-6-5-14(21)9-16(17)22/h2-7,9,13H,8,10-11H2,1H3,(H,23,25)/t13-/m1/s1. The van der Waals surface area contributed by atoms with Crippen LogP contribution in [0.25, 0.3) is 0 Å². The van der Waals surface area contributed by atoms with Gasteiger partial charge in [-0.05, 0) is 42.8 Å². The maximum Gasteiger partial charge on any atom is 0.311 e. The van der Waals surface area contributed by atoms with Crippen molar-refractivity contribution in [2.45, 2.75) is 13.3 Å². The van der Waals surface area contributed by atoms with Crippen LogP contribution in [0.3, 0.4) is 0 Å². The summed E-state index contributed by atoms with van der Waals surface area (Å²) in [5.74, 6) is -1.87. The highest BCUT2D eigenvalue weighted by Gasteiger charge is 2.36. The van der Waals surface area contributed by atoms with Crippen molar-refractivity contribution in [1.29, 1.82) is 0 Å². The molecule has 1 fully saturated rings. The highest BCUT2D eigenvalue weighted by atomic mass is 35.5. The van der Waals surface area contributed by atoms with Gasteiger partial charge in [0, 0.05) is 23.7 Å². The molecule has 6 nitrogen and oxygen atoms in total. The van der Waals surface area contributed by atoms with E-state index in [2.05, 4.69) is 5.32 Å². The zero-order valence-electron chi connectivity index (χ0n) is 15.1. The predicted molar refractivity (Wildman–Crippen MR) is 108 cm³/mol. The van der Waals surface area contributed by atoms with E-state index in [1.165, 1.54) is 6.07 Å². The van der Waals surface area contributed by atoms with Crippen molar-refractivity contribution in [3.63, 3.8) is 0 Å². The molecular weight excluding hydrogens is 403 g/mol. The van der Waals surface area contributed by atoms with E-state index in [0.29, 0.717) is 10.7 Å². The largest absolute Gasteiger partial charge is 0.455 e. The third kappa shape index (κ3) is 4.82. The SMILES string of the molecule is Cc1cccc(N2C[C@H](C(=O)OCC(=O)Nc3ccc(Cl)cc3Cl)CC2=O)c1. The molecule has 0 spiro atoms. The minimum Gasteiger partial charge on any atom is -0.455 e. The number of ether oxygens (including phenoxy) is 1. The van der Waals surface area contributed by atoms with Crippen molar-refractivity contribution in [2.75, 3.05) is 23.4 Å². The normalized spacial score (nSPS) is 16.2. The monoisotopic (exact) mass is 420 g/mol. The smallest absolute Gasteiger partial charge is 0.311 e. The Morgan fingerprint density at radius 2 is 2.00 bits per heavy atom. The van der Waals surface area contributed by atoms with E-state index in [-0.39, 0.29) is 23.9 Å². The third-order valence-corrected chi connectivity index (χ3v) is 4.87. The zero-order chi connectivity index (χ0) is 20.3. The molecule has 0 aromatic heterocycles. The van der Waals surface area contributed by atoms with Gasteiger partial charge in [0.1, 0.15) is 0 Å².